The molecule has 0 aliphatic rings. The van der Waals surface area contributed by atoms with Gasteiger partial charge in [-0.1, -0.05) is 44.2 Å². The van der Waals surface area contributed by atoms with Crippen LogP contribution in [0, 0.1) is 5.92 Å². The Balaban J connectivity index is 1.82. The van der Waals surface area contributed by atoms with Gasteiger partial charge in [-0.05, 0) is 62.4 Å². The topological polar surface area (TPSA) is 68.4 Å². The molecule has 9 heteroatoms. The number of fused-ring (bicyclic) bond motifs is 1. The van der Waals surface area contributed by atoms with Crippen LogP contribution in [0.1, 0.15) is 51.3 Å². The molecule has 2 aromatic carbocycles. The van der Waals surface area contributed by atoms with Gasteiger partial charge in [-0.15, -0.1) is 0 Å². The molecule has 0 aliphatic heterocycles. The average Bonchev–Trinajstić information content (AvgIpc) is 3.22. The maximum Gasteiger partial charge on any atom is 0.416 e. The molecule has 0 saturated carbocycles. The maximum absolute atomic E-state index is 13.6. The van der Waals surface area contributed by atoms with Crippen LogP contribution in [0.2, 0.25) is 0 Å². The van der Waals surface area contributed by atoms with Crippen LogP contribution in [0.25, 0.3) is 10.9 Å². The first kappa shape index (κ1) is 29.1. The zero-order chi connectivity index (χ0) is 28.1. The molecule has 3 aromatic rings. The molecule has 0 saturated heterocycles. The van der Waals surface area contributed by atoms with E-state index in [-0.39, 0.29) is 30.9 Å². The fraction of sp³-hybridized carbons (Fsp3) is 0.448. The van der Waals surface area contributed by atoms with Gasteiger partial charge in [0.05, 0.1) is 5.56 Å². The molecule has 0 aliphatic carbocycles. The maximum atomic E-state index is 13.6. The van der Waals surface area contributed by atoms with Gasteiger partial charge in [-0.2, -0.15) is 13.2 Å². The highest BCUT2D eigenvalue weighted by atomic mass is 19.4. The highest BCUT2D eigenvalue weighted by molar-refractivity contribution is 5.85. The number of benzene rings is 2. The monoisotopic (exact) mass is 530 g/mol. The molecule has 1 aromatic heterocycles. The highest BCUT2D eigenvalue weighted by Crippen LogP contribution is 2.29. The van der Waals surface area contributed by atoms with Gasteiger partial charge in [0.15, 0.2) is 0 Å². The van der Waals surface area contributed by atoms with Crippen molar-refractivity contribution in [3.05, 3.63) is 71.4 Å². The number of nitrogens with zero attached hydrogens (tertiary/aromatic N) is 2. The molecule has 3 amide bonds. The Bertz CT molecular complexity index is 1230. The number of para-hydroxylation sites is 1. The first-order chi connectivity index (χ1) is 17.7. The van der Waals surface area contributed by atoms with Crippen LogP contribution in [-0.4, -0.2) is 51.9 Å². The molecule has 0 atom stereocenters. The third kappa shape index (κ3) is 8.26. The molecule has 2 N–H and O–H groups in total. The lowest BCUT2D eigenvalue weighted by Gasteiger charge is -2.31. The van der Waals surface area contributed by atoms with E-state index in [4.69, 9.17) is 0 Å². The Morgan fingerprint density at radius 1 is 0.974 bits per heavy atom. The van der Waals surface area contributed by atoms with Crippen molar-refractivity contribution in [2.75, 3.05) is 19.6 Å². The van der Waals surface area contributed by atoms with Crippen LogP contribution in [0.4, 0.5) is 18.0 Å². The predicted molar refractivity (Wildman–Crippen MR) is 144 cm³/mol. The zero-order valence-electron chi connectivity index (χ0n) is 22.7. The minimum absolute atomic E-state index is 0.130. The van der Waals surface area contributed by atoms with E-state index < -0.39 is 17.3 Å². The van der Waals surface area contributed by atoms with Crippen molar-refractivity contribution in [1.29, 1.82) is 0 Å². The second-order valence-corrected chi connectivity index (χ2v) is 11.1. The summed E-state index contributed by atoms with van der Waals surface area (Å²) >= 11 is 0. The Hall–Kier alpha value is -3.49. The van der Waals surface area contributed by atoms with Gasteiger partial charge in [0.2, 0.25) is 5.91 Å². The molecular formula is C29H37F3N4O2. The molecule has 206 valence electrons. The number of nitrogens with one attached hydrogen (secondary N) is 2. The summed E-state index contributed by atoms with van der Waals surface area (Å²) in [6.45, 7) is 10.3. The molecule has 1 heterocycles. The summed E-state index contributed by atoms with van der Waals surface area (Å²) in [5, 5.41) is 3.97. The molecule has 0 unspecified atom stereocenters. The van der Waals surface area contributed by atoms with E-state index in [2.05, 4.69) is 10.3 Å². The smallest absolute Gasteiger partial charge is 0.361 e. The van der Waals surface area contributed by atoms with Crippen LogP contribution < -0.4 is 5.32 Å². The predicted octanol–water partition coefficient (Wildman–Crippen LogP) is 6.22. The molecule has 6 nitrogen and oxygen atoms in total. The van der Waals surface area contributed by atoms with Crippen molar-refractivity contribution in [2.24, 2.45) is 5.92 Å². The Labute approximate surface area is 222 Å². The van der Waals surface area contributed by atoms with E-state index in [0.29, 0.717) is 25.1 Å². The van der Waals surface area contributed by atoms with Crippen LogP contribution in [0.3, 0.4) is 0 Å². The summed E-state index contributed by atoms with van der Waals surface area (Å²) < 4.78 is 39.1. The number of amides is 3. The summed E-state index contributed by atoms with van der Waals surface area (Å²) in [5.74, 6) is -0.127. The zero-order valence-corrected chi connectivity index (χ0v) is 22.7. The minimum Gasteiger partial charge on any atom is -0.361 e. The van der Waals surface area contributed by atoms with Crippen molar-refractivity contribution in [3.8, 4) is 0 Å². The largest absolute Gasteiger partial charge is 0.416 e. The number of hydrogen-bond donors (Lipinski definition) is 2. The summed E-state index contributed by atoms with van der Waals surface area (Å²) in [5.41, 5.74) is 1.41. The van der Waals surface area contributed by atoms with Crippen molar-refractivity contribution in [3.63, 3.8) is 0 Å². The van der Waals surface area contributed by atoms with Gasteiger partial charge in [0.1, 0.15) is 6.54 Å². The standard InChI is InChI=1S/C29H37F3N4O2/c1-20(2)17-36(27(38)34-28(3,4)5)19-26(37)35(18-21-10-12-23(13-11-21)29(30,31)32)15-14-22-16-33-25-9-7-6-8-24(22)25/h6-13,16,20,33H,14-15,17-19H2,1-5H3,(H,34,38). The summed E-state index contributed by atoms with van der Waals surface area (Å²) in [6.07, 6.45) is -1.97. The Morgan fingerprint density at radius 3 is 2.24 bits per heavy atom. The number of aromatic amines is 1. The molecule has 3 rings (SSSR count). The first-order valence-corrected chi connectivity index (χ1v) is 12.8. The van der Waals surface area contributed by atoms with Crippen LogP contribution in [0.5, 0.6) is 0 Å². The van der Waals surface area contributed by atoms with Gasteiger partial charge in [0.25, 0.3) is 0 Å². The Kier molecular flexibility index (Phi) is 9.12. The number of carbonyl (C=O) groups is 2. The van der Waals surface area contributed by atoms with E-state index in [1.165, 1.54) is 17.0 Å². The number of aromatic nitrogens is 1. The lowest BCUT2D eigenvalue weighted by Crippen LogP contribution is -2.52. The molecule has 0 spiro atoms. The number of carbonyl (C=O) groups excluding carboxylic acids is 2. The summed E-state index contributed by atoms with van der Waals surface area (Å²) in [4.78, 5) is 32.9. The second kappa shape index (κ2) is 11.9. The third-order valence-electron chi connectivity index (χ3n) is 6.01. The van der Waals surface area contributed by atoms with Crippen molar-refractivity contribution >= 4 is 22.8 Å². The molecule has 0 bridgehead atoms. The number of hydrogen-bond acceptors (Lipinski definition) is 2. The summed E-state index contributed by atoms with van der Waals surface area (Å²) in [7, 11) is 0. The average molecular weight is 531 g/mol. The fourth-order valence-corrected chi connectivity index (χ4v) is 4.23. The lowest BCUT2D eigenvalue weighted by atomic mass is 10.1. The third-order valence-corrected chi connectivity index (χ3v) is 6.01. The number of rotatable bonds is 9. The SMILES string of the molecule is CC(C)CN(CC(=O)N(CCc1c[nH]c2ccccc12)Cc1ccc(C(F)(F)F)cc1)C(=O)NC(C)(C)C. The summed E-state index contributed by atoms with van der Waals surface area (Å²) in [6, 6.07) is 12.4. The Morgan fingerprint density at radius 2 is 1.63 bits per heavy atom. The van der Waals surface area contributed by atoms with Gasteiger partial charge in [0, 0.05) is 42.3 Å². The quantitative estimate of drug-likeness (QED) is 0.345. The minimum atomic E-state index is -4.43. The van der Waals surface area contributed by atoms with Crippen molar-refractivity contribution in [2.45, 2.75) is 59.3 Å². The van der Waals surface area contributed by atoms with Crippen LogP contribution in [0.15, 0.2) is 54.7 Å². The van der Waals surface area contributed by atoms with E-state index in [9.17, 15) is 22.8 Å². The first-order valence-electron chi connectivity index (χ1n) is 12.8. The molecule has 0 radical (unpaired) electrons. The van der Waals surface area contributed by atoms with Gasteiger partial charge >= 0.3 is 12.2 Å². The van der Waals surface area contributed by atoms with Crippen molar-refractivity contribution in [1.82, 2.24) is 20.1 Å². The van der Waals surface area contributed by atoms with E-state index >= 15 is 0 Å². The van der Waals surface area contributed by atoms with E-state index in [0.717, 1.165) is 28.6 Å². The number of H-pyrrole nitrogens is 1. The molecular weight excluding hydrogens is 493 g/mol. The number of halogens is 3. The normalized spacial score (nSPS) is 12.1. The van der Waals surface area contributed by atoms with Crippen LogP contribution in [-0.2, 0) is 23.9 Å². The lowest BCUT2D eigenvalue weighted by molar-refractivity contribution is -0.137. The van der Waals surface area contributed by atoms with E-state index in [1.54, 1.807) is 4.90 Å². The molecule has 0 fully saturated rings. The number of alkyl halides is 3. The molecule has 38 heavy (non-hydrogen) atoms. The fourth-order valence-electron chi connectivity index (χ4n) is 4.23. The van der Waals surface area contributed by atoms with Gasteiger partial charge in [-0.25, -0.2) is 4.79 Å². The second-order valence-electron chi connectivity index (χ2n) is 11.1. The highest BCUT2D eigenvalue weighted by Gasteiger charge is 2.30. The van der Waals surface area contributed by atoms with Crippen LogP contribution >= 0.6 is 0 Å². The van der Waals surface area contributed by atoms with Gasteiger partial charge < -0.3 is 20.1 Å². The number of urea groups is 1. The van der Waals surface area contributed by atoms with Gasteiger partial charge in [-0.3, -0.25) is 4.79 Å². The van der Waals surface area contributed by atoms with E-state index in [1.807, 2.05) is 65.1 Å². The van der Waals surface area contributed by atoms with Crippen molar-refractivity contribution < 1.29 is 22.8 Å².